The van der Waals surface area contributed by atoms with E-state index < -0.39 is 0 Å². The van der Waals surface area contributed by atoms with E-state index in [-0.39, 0.29) is 84.8 Å². The molecule has 0 aromatic carbocycles. The van der Waals surface area contributed by atoms with Crippen molar-refractivity contribution < 1.29 is 60.9 Å². The minimum atomic E-state index is 0. The first kappa shape index (κ1) is 31.3. The summed E-state index contributed by atoms with van der Waals surface area (Å²) < 4.78 is 0. The zero-order chi connectivity index (χ0) is 0. The predicted octanol–water partition coefficient (Wildman–Crippen LogP) is -8.03. The van der Waals surface area contributed by atoms with E-state index in [9.17, 15) is 0 Å². The quantitative estimate of drug-likeness (QED) is 0.239. The van der Waals surface area contributed by atoms with Crippen LogP contribution in [0.25, 0.3) is 0 Å². The normalized spacial score (nSPS) is 0. The van der Waals surface area contributed by atoms with E-state index in [0.717, 1.165) is 0 Å². The summed E-state index contributed by atoms with van der Waals surface area (Å²) in [5.41, 5.74) is 0. The monoisotopic (exact) mass is 152 g/mol. The second kappa shape index (κ2) is 17.8. The summed E-state index contributed by atoms with van der Waals surface area (Å²) in [6, 6.07) is 0. The molecule has 0 radical (unpaired) electrons. The maximum atomic E-state index is 0. The van der Waals surface area contributed by atoms with Gasteiger partial charge in [0.25, 0.3) is 0 Å². The SMILES string of the molecule is I.[H-].[H-].[H-].[Li+].[Li+].[Li+]. The Hall–Kier alpha value is 2.52. The average molecular weight is 152 g/mol. The second-order valence-corrected chi connectivity index (χ2v) is 0. The fraction of sp³-hybridized carbons (Fsp3) is 0. The average Bonchev–Trinajstić information content (AvgIpc) is 0. The molecule has 0 N–H and O–H groups in total. The topological polar surface area (TPSA) is 0 Å². The molecule has 4 heavy (non-hydrogen) atoms. The van der Waals surface area contributed by atoms with Gasteiger partial charge in [-0.25, -0.2) is 0 Å². The van der Waals surface area contributed by atoms with E-state index in [0.29, 0.717) is 0 Å². The first-order valence-electron chi connectivity index (χ1n) is 0. The van der Waals surface area contributed by atoms with Crippen molar-refractivity contribution in [3.05, 3.63) is 0 Å². The van der Waals surface area contributed by atoms with Crippen LogP contribution >= 0.6 is 24.0 Å². The van der Waals surface area contributed by atoms with Gasteiger partial charge in [-0.05, 0) is 0 Å². The van der Waals surface area contributed by atoms with Gasteiger partial charge in [0.1, 0.15) is 0 Å². The fourth-order valence-electron chi connectivity index (χ4n) is 0. The minimum Gasteiger partial charge on any atom is -1.00 e. The summed E-state index contributed by atoms with van der Waals surface area (Å²) in [7, 11) is 0. The maximum absolute atomic E-state index is 0. The van der Waals surface area contributed by atoms with Gasteiger partial charge < -0.3 is 4.28 Å². The first-order chi connectivity index (χ1) is 0. The summed E-state index contributed by atoms with van der Waals surface area (Å²) in [5, 5.41) is 0. The molecule has 0 spiro atoms. The van der Waals surface area contributed by atoms with Crippen molar-refractivity contribution in [1.29, 1.82) is 0 Å². The van der Waals surface area contributed by atoms with Crippen LogP contribution in [0.5, 0.6) is 0 Å². The van der Waals surface area contributed by atoms with Crippen molar-refractivity contribution in [2.75, 3.05) is 0 Å². The molecule has 0 amide bonds. The van der Waals surface area contributed by atoms with Crippen molar-refractivity contribution in [1.82, 2.24) is 0 Å². The van der Waals surface area contributed by atoms with E-state index in [2.05, 4.69) is 0 Å². The van der Waals surface area contributed by atoms with E-state index in [1.807, 2.05) is 0 Å². The molecule has 0 unspecified atom stereocenters. The van der Waals surface area contributed by atoms with Crippen LogP contribution in [0, 0.1) is 0 Å². The Morgan fingerprint density at radius 1 is 0.750 bits per heavy atom. The Morgan fingerprint density at radius 2 is 0.750 bits per heavy atom. The van der Waals surface area contributed by atoms with Crippen LogP contribution in [0.4, 0.5) is 0 Å². The molecule has 0 aromatic rings. The summed E-state index contributed by atoms with van der Waals surface area (Å²) >= 11 is 0. The van der Waals surface area contributed by atoms with Crippen molar-refractivity contribution in [2.24, 2.45) is 0 Å². The van der Waals surface area contributed by atoms with Crippen LogP contribution in [0.2, 0.25) is 0 Å². The van der Waals surface area contributed by atoms with Gasteiger partial charge in [-0.2, -0.15) is 0 Å². The summed E-state index contributed by atoms with van der Waals surface area (Å²) in [5.74, 6) is 0. The third-order valence-corrected chi connectivity index (χ3v) is 0. The van der Waals surface area contributed by atoms with Gasteiger partial charge in [-0.15, -0.1) is 24.0 Å². The number of hydrogen-bond donors (Lipinski definition) is 0. The van der Waals surface area contributed by atoms with Gasteiger partial charge in [0.05, 0.1) is 0 Å². The molecule has 14 valence electrons. The first-order valence-corrected chi connectivity index (χ1v) is 0. The Morgan fingerprint density at radius 3 is 0.750 bits per heavy atom. The molecule has 0 atom stereocenters. The molecule has 0 aromatic heterocycles. The van der Waals surface area contributed by atoms with E-state index in [1.165, 1.54) is 0 Å². The predicted molar refractivity (Wildman–Crippen MR) is 18.8 cm³/mol. The van der Waals surface area contributed by atoms with Gasteiger partial charge in [0, 0.05) is 0 Å². The van der Waals surface area contributed by atoms with Crippen LogP contribution < -0.4 is 56.6 Å². The van der Waals surface area contributed by atoms with Crippen LogP contribution in [0.1, 0.15) is 4.28 Å². The molecule has 0 rings (SSSR count). The van der Waals surface area contributed by atoms with Crippen LogP contribution in [0.15, 0.2) is 0 Å². The third-order valence-electron chi connectivity index (χ3n) is 0. The molecule has 0 saturated heterocycles. The molecule has 0 fully saturated rings. The van der Waals surface area contributed by atoms with E-state index >= 15 is 0 Å². The van der Waals surface area contributed by atoms with Gasteiger partial charge >= 0.3 is 56.6 Å². The zero-order valence-corrected chi connectivity index (χ0v) is 5.74. The standard InChI is InChI=1S/HI.3Li.3H/h1H;;;;;;/q;3*+1;3*-1. The molecular weight excluding hydrogens is 148 g/mol. The van der Waals surface area contributed by atoms with Gasteiger partial charge in [0.15, 0.2) is 0 Å². The number of rotatable bonds is 0. The minimum absolute atomic E-state index is 0. The van der Waals surface area contributed by atoms with Gasteiger partial charge in [-0.1, -0.05) is 0 Å². The van der Waals surface area contributed by atoms with E-state index in [1.54, 1.807) is 0 Å². The van der Waals surface area contributed by atoms with Crippen LogP contribution in [0.3, 0.4) is 0 Å². The van der Waals surface area contributed by atoms with Crippen molar-refractivity contribution in [2.45, 2.75) is 0 Å². The molecule has 0 nitrogen and oxygen atoms in total. The van der Waals surface area contributed by atoms with Crippen molar-refractivity contribution in [3.63, 3.8) is 0 Å². The van der Waals surface area contributed by atoms with Gasteiger partial charge in [-0.3, -0.25) is 0 Å². The molecule has 0 aliphatic rings. The van der Waals surface area contributed by atoms with Crippen molar-refractivity contribution in [3.8, 4) is 0 Å². The number of halogens is 1. The van der Waals surface area contributed by atoms with E-state index in [4.69, 9.17) is 0 Å². The fourth-order valence-corrected chi connectivity index (χ4v) is 0. The van der Waals surface area contributed by atoms with Crippen molar-refractivity contribution >= 4 is 24.0 Å². The maximum Gasteiger partial charge on any atom is 1.00 e. The molecular formula is H4ILi3. The Kier molecular flexibility index (Phi) is 139. The Labute approximate surface area is 83.9 Å². The third kappa shape index (κ3) is 8.82. The Bertz CT molecular complexity index is 10.1. The largest absolute Gasteiger partial charge is 1.00 e. The summed E-state index contributed by atoms with van der Waals surface area (Å²) in [6.07, 6.45) is 0. The van der Waals surface area contributed by atoms with Crippen LogP contribution in [-0.2, 0) is 0 Å². The molecule has 0 aliphatic carbocycles. The number of hydrogen-bond acceptors (Lipinski definition) is 0. The molecule has 0 saturated carbocycles. The molecule has 4 heteroatoms. The Balaban J connectivity index is 0. The summed E-state index contributed by atoms with van der Waals surface area (Å²) in [4.78, 5) is 0. The van der Waals surface area contributed by atoms with Crippen LogP contribution in [-0.4, -0.2) is 0 Å². The summed E-state index contributed by atoms with van der Waals surface area (Å²) in [6.45, 7) is 0. The molecule has 0 heterocycles. The van der Waals surface area contributed by atoms with Gasteiger partial charge in [0.2, 0.25) is 0 Å². The zero-order valence-electron chi connectivity index (χ0n) is 6.41. The smallest absolute Gasteiger partial charge is 1.00 e. The molecule has 0 bridgehead atoms. The molecule has 0 aliphatic heterocycles. The second-order valence-electron chi connectivity index (χ2n) is 0.